The zero-order valence-corrected chi connectivity index (χ0v) is 14.2. The fourth-order valence-corrected chi connectivity index (χ4v) is 2.56. The number of fused-ring (bicyclic) bond motifs is 1. The lowest BCUT2D eigenvalue weighted by Gasteiger charge is -2.20. The zero-order valence-electron chi connectivity index (χ0n) is 14.2. The Bertz CT molecular complexity index is 750. The first-order valence-electron chi connectivity index (χ1n) is 8.08. The van der Waals surface area contributed by atoms with Gasteiger partial charge in [0.15, 0.2) is 11.5 Å². The minimum Gasteiger partial charge on any atom is -0.493 e. The molecule has 1 aliphatic heterocycles. The van der Waals surface area contributed by atoms with Crippen molar-refractivity contribution in [2.45, 2.75) is 13.0 Å². The van der Waals surface area contributed by atoms with E-state index in [4.69, 9.17) is 18.9 Å². The Morgan fingerprint density at radius 1 is 1.16 bits per heavy atom. The van der Waals surface area contributed by atoms with Gasteiger partial charge in [0.05, 0.1) is 7.11 Å². The topological polar surface area (TPSA) is 54.0 Å². The molecule has 3 rings (SSSR count). The predicted octanol–water partition coefficient (Wildman–Crippen LogP) is 3.78. The number of methoxy groups -OCH3 is 1. The lowest BCUT2D eigenvalue weighted by Crippen LogP contribution is -2.16. The summed E-state index contributed by atoms with van der Waals surface area (Å²) in [4.78, 5) is 12.0. The highest BCUT2D eigenvalue weighted by Gasteiger charge is 2.18. The lowest BCUT2D eigenvalue weighted by atomic mass is 10.1. The summed E-state index contributed by atoms with van der Waals surface area (Å²) >= 11 is 0. The van der Waals surface area contributed by atoms with E-state index in [9.17, 15) is 4.79 Å². The van der Waals surface area contributed by atoms with Gasteiger partial charge in [0.2, 0.25) is 5.75 Å². The zero-order chi connectivity index (χ0) is 17.6. The summed E-state index contributed by atoms with van der Waals surface area (Å²) in [5.74, 6) is 1.36. The van der Waals surface area contributed by atoms with Crippen LogP contribution in [0.1, 0.15) is 24.2 Å². The molecule has 0 aliphatic carbocycles. The highest BCUT2D eigenvalue weighted by molar-refractivity contribution is 5.87. The van der Waals surface area contributed by atoms with Crippen LogP contribution >= 0.6 is 0 Å². The van der Waals surface area contributed by atoms with E-state index in [2.05, 4.69) is 0 Å². The SMILES string of the molecule is COc1cc(/C=C/C(=O)O[C@H](C)c2ccccc2)cc2c1OCCO2. The minimum atomic E-state index is -0.412. The van der Waals surface area contributed by atoms with Gasteiger partial charge in [0, 0.05) is 6.08 Å². The minimum absolute atomic E-state index is 0.312. The van der Waals surface area contributed by atoms with Crippen LogP contribution in [0.5, 0.6) is 17.2 Å². The van der Waals surface area contributed by atoms with Crippen molar-refractivity contribution in [2.24, 2.45) is 0 Å². The van der Waals surface area contributed by atoms with Crippen LogP contribution in [0.25, 0.3) is 6.08 Å². The fraction of sp³-hybridized carbons (Fsp3) is 0.250. The first-order valence-corrected chi connectivity index (χ1v) is 8.08. The fourth-order valence-electron chi connectivity index (χ4n) is 2.56. The maximum absolute atomic E-state index is 12.0. The molecule has 0 bridgehead atoms. The Kier molecular flexibility index (Phi) is 5.23. The molecule has 0 saturated heterocycles. The first kappa shape index (κ1) is 16.9. The summed E-state index contributed by atoms with van der Waals surface area (Å²) in [5, 5.41) is 0. The molecule has 1 heterocycles. The molecule has 0 unspecified atom stereocenters. The Morgan fingerprint density at radius 2 is 1.92 bits per heavy atom. The molecule has 5 nitrogen and oxygen atoms in total. The molecule has 0 N–H and O–H groups in total. The van der Waals surface area contributed by atoms with Crippen molar-refractivity contribution >= 4 is 12.0 Å². The second-order valence-corrected chi connectivity index (χ2v) is 5.57. The van der Waals surface area contributed by atoms with E-state index in [1.807, 2.05) is 37.3 Å². The van der Waals surface area contributed by atoms with Crippen LogP contribution in [0.15, 0.2) is 48.5 Å². The molecule has 0 radical (unpaired) electrons. The molecule has 0 aromatic heterocycles. The van der Waals surface area contributed by atoms with Gasteiger partial charge < -0.3 is 18.9 Å². The van der Waals surface area contributed by atoms with Gasteiger partial charge in [0.25, 0.3) is 0 Å². The van der Waals surface area contributed by atoms with Crippen LogP contribution < -0.4 is 14.2 Å². The quantitative estimate of drug-likeness (QED) is 0.612. The molecule has 0 spiro atoms. The number of rotatable bonds is 5. The lowest BCUT2D eigenvalue weighted by molar-refractivity contribution is -0.142. The highest BCUT2D eigenvalue weighted by atomic mass is 16.6. The van der Waals surface area contributed by atoms with Gasteiger partial charge in [-0.3, -0.25) is 0 Å². The number of esters is 1. The van der Waals surface area contributed by atoms with Crippen LogP contribution in [0.3, 0.4) is 0 Å². The predicted molar refractivity (Wildman–Crippen MR) is 94.0 cm³/mol. The van der Waals surface area contributed by atoms with Crippen LogP contribution in [0, 0.1) is 0 Å². The molecule has 2 aromatic carbocycles. The second kappa shape index (κ2) is 7.75. The van der Waals surface area contributed by atoms with Crippen LogP contribution in [-0.2, 0) is 9.53 Å². The maximum atomic E-state index is 12.0. The molecule has 0 amide bonds. The Labute approximate surface area is 146 Å². The summed E-state index contributed by atoms with van der Waals surface area (Å²) in [7, 11) is 1.57. The van der Waals surface area contributed by atoms with Gasteiger partial charge in [-0.2, -0.15) is 0 Å². The number of carbonyl (C=O) groups excluding carboxylic acids is 1. The van der Waals surface area contributed by atoms with Crippen LogP contribution in [0.2, 0.25) is 0 Å². The number of benzene rings is 2. The Morgan fingerprint density at radius 3 is 2.68 bits per heavy atom. The van der Waals surface area contributed by atoms with Crippen molar-refractivity contribution in [1.82, 2.24) is 0 Å². The van der Waals surface area contributed by atoms with E-state index in [0.29, 0.717) is 30.5 Å². The molecule has 25 heavy (non-hydrogen) atoms. The van der Waals surface area contributed by atoms with E-state index < -0.39 is 5.97 Å². The molecular formula is C20H20O5. The smallest absolute Gasteiger partial charge is 0.331 e. The van der Waals surface area contributed by atoms with E-state index in [1.54, 1.807) is 25.3 Å². The normalized spacial score (nSPS) is 14.2. The molecule has 0 saturated carbocycles. The maximum Gasteiger partial charge on any atom is 0.331 e. The Balaban J connectivity index is 1.70. The van der Waals surface area contributed by atoms with E-state index >= 15 is 0 Å². The van der Waals surface area contributed by atoms with Crippen molar-refractivity contribution in [1.29, 1.82) is 0 Å². The molecule has 130 valence electrons. The van der Waals surface area contributed by atoms with Gasteiger partial charge in [-0.05, 0) is 36.3 Å². The van der Waals surface area contributed by atoms with Gasteiger partial charge in [-0.15, -0.1) is 0 Å². The number of hydrogen-bond acceptors (Lipinski definition) is 5. The highest BCUT2D eigenvalue weighted by Crippen LogP contribution is 2.40. The van der Waals surface area contributed by atoms with Crippen molar-refractivity contribution in [3.05, 3.63) is 59.7 Å². The summed E-state index contributed by atoms with van der Waals surface area (Å²) in [6, 6.07) is 13.2. The molecule has 2 aromatic rings. The average molecular weight is 340 g/mol. The van der Waals surface area contributed by atoms with Gasteiger partial charge in [-0.25, -0.2) is 4.79 Å². The van der Waals surface area contributed by atoms with Crippen LogP contribution in [0.4, 0.5) is 0 Å². The Hall–Kier alpha value is -2.95. The molecular weight excluding hydrogens is 320 g/mol. The summed E-state index contributed by atoms with van der Waals surface area (Å²) in [6.45, 7) is 2.82. The van der Waals surface area contributed by atoms with Crippen molar-refractivity contribution < 1.29 is 23.7 Å². The third kappa shape index (κ3) is 4.12. The molecule has 1 aliphatic rings. The number of hydrogen-bond donors (Lipinski definition) is 0. The summed E-state index contributed by atoms with van der Waals surface area (Å²) < 4.78 is 21.9. The van der Waals surface area contributed by atoms with Gasteiger partial charge >= 0.3 is 5.97 Å². The number of carbonyl (C=O) groups is 1. The third-order valence-corrected chi connectivity index (χ3v) is 3.82. The molecule has 5 heteroatoms. The van der Waals surface area contributed by atoms with Gasteiger partial charge in [-0.1, -0.05) is 30.3 Å². The van der Waals surface area contributed by atoms with Gasteiger partial charge in [0.1, 0.15) is 19.3 Å². The van der Waals surface area contributed by atoms with E-state index in [0.717, 1.165) is 11.1 Å². The van der Waals surface area contributed by atoms with Crippen molar-refractivity contribution in [3.63, 3.8) is 0 Å². The van der Waals surface area contributed by atoms with Crippen molar-refractivity contribution in [2.75, 3.05) is 20.3 Å². The summed E-state index contributed by atoms with van der Waals surface area (Å²) in [5.41, 5.74) is 1.72. The second-order valence-electron chi connectivity index (χ2n) is 5.57. The third-order valence-electron chi connectivity index (χ3n) is 3.82. The molecule has 1 atom stereocenters. The van der Waals surface area contributed by atoms with Crippen molar-refractivity contribution in [3.8, 4) is 17.2 Å². The monoisotopic (exact) mass is 340 g/mol. The van der Waals surface area contributed by atoms with E-state index in [1.165, 1.54) is 6.08 Å². The first-order chi connectivity index (χ1) is 12.2. The standard InChI is InChI=1S/C20H20O5/c1-14(16-6-4-3-5-7-16)25-19(21)9-8-15-12-17(22-2)20-18(13-15)23-10-11-24-20/h3-9,12-14H,10-11H2,1-2H3/b9-8+/t14-/m1/s1. The molecule has 0 fully saturated rings. The number of ether oxygens (including phenoxy) is 4. The largest absolute Gasteiger partial charge is 0.493 e. The summed E-state index contributed by atoms with van der Waals surface area (Å²) in [6.07, 6.45) is 2.75. The van der Waals surface area contributed by atoms with E-state index in [-0.39, 0.29) is 6.10 Å². The van der Waals surface area contributed by atoms with Crippen LogP contribution in [-0.4, -0.2) is 26.3 Å². The average Bonchev–Trinajstić information content (AvgIpc) is 2.66.